The minimum Gasteiger partial charge on any atom is -0.357 e. The number of hydrogen-bond donors (Lipinski definition) is 2. The molecule has 2 N–H and O–H groups in total. The molecule has 3 aromatic heterocycles. The molecule has 0 aliphatic rings. The SMILES string of the molecule is CNc1nc(NC(C)c2cccs2)nc(-n2cccn2)n1. The van der Waals surface area contributed by atoms with Crippen molar-refractivity contribution in [3.05, 3.63) is 40.8 Å². The molecule has 21 heavy (non-hydrogen) atoms. The molecule has 1 unspecified atom stereocenters. The molecular weight excluding hydrogens is 286 g/mol. The Hall–Kier alpha value is -2.48. The highest BCUT2D eigenvalue weighted by Crippen LogP contribution is 2.22. The fraction of sp³-hybridized carbons (Fsp3) is 0.231. The molecule has 3 aromatic rings. The van der Waals surface area contributed by atoms with Gasteiger partial charge in [-0.25, -0.2) is 4.68 Å². The van der Waals surface area contributed by atoms with Crippen molar-refractivity contribution < 1.29 is 0 Å². The first-order valence-electron chi connectivity index (χ1n) is 6.50. The number of hydrogen-bond acceptors (Lipinski definition) is 7. The summed E-state index contributed by atoms with van der Waals surface area (Å²) in [4.78, 5) is 14.3. The Bertz CT molecular complexity index is 693. The number of thiophene rings is 1. The molecule has 3 heterocycles. The van der Waals surface area contributed by atoms with Gasteiger partial charge < -0.3 is 10.6 Å². The fourth-order valence-corrected chi connectivity index (χ4v) is 2.57. The standard InChI is InChI=1S/C13H15N7S/c1-9(10-5-3-8-21-10)16-12-17-11(14-2)18-13(19-12)20-7-4-6-15-20/h3-9H,1-2H3,(H2,14,16,17,18,19). The molecule has 3 rings (SSSR count). The molecule has 0 aliphatic heterocycles. The number of nitrogens with one attached hydrogen (secondary N) is 2. The maximum Gasteiger partial charge on any atom is 0.257 e. The van der Waals surface area contributed by atoms with E-state index in [0.29, 0.717) is 17.8 Å². The third-order valence-electron chi connectivity index (χ3n) is 2.87. The molecule has 0 saturated carbocycles. The van der Waals surface area contributed by atoms with Crippen LogP contribution in [0.1, 0.15) is 17.8 Å². The van der Waals surface area contributed by atoms with Gasteiger partial charge in [0.15, 0.2) is 0 Å². The summed E-state index contributed by atoms with van der Waals surface area (Å²) in [5.74, 6) is 1.48. The summed E-state index contributed by atoms with van der Waals surface area (Å²) in [6.45, 7) is 2.07. The van der Waals surface area contributed by atoms with Crippen LogP contribution in [0.3, 0.4) is 0 Å². The lowest BCUT2D eigenvalue weighted by Gasteiger charge is -2.13. The smallest absolute Gasteiger partial charge is 0.257 e. The van der Waals surface area contributed by atoms with Crippen LogP contribution >= 0.6 is 11.3 Å². The summed E-state index contributed by atoms with van der Waals surface area (Å²) in [6.07, 6.45) is 3.48. The summed E-state index contributed by atoms with van der Waals surface area (Å²) in [5, 5.41) is 12.4. The third-order valence-corrected chi connectivity index (χ3v) is 3.93. The Balaban J connectivity index is 1.89. The van der Waals surface area contributed by atoms with E-state index in [9.17, 15) is 0 Å². The Kier molecular flexibility index (Phi) is 3.78. The topological polar surface area (TPSA) is 80.5 Å². The Labute approximate surface area is 126 Å². The van der Waals surface area contributed by atoms with Crippen LogP contribution in [0.4, 0.5) is 11.9 Å². The first-order valence-corrected chi connectivity index (χ1v) is 7.38. The van der Waals surface area contributed by atoms with Gasteiger partial charge in [0, 0.05) is 24.3 Å². The van der Waals surface area contributed by atoms with Crippen molar-refractivity contribution in [2.45, 2.75) is 13.0 Å². The van der Waals surface area contributed by atoms with Crippen molar-refractivity contribution in [3.63, 3.8) is 0 Å². The van der Waals surface area contributed by atoms with Crippen molar-refractivity contribution >= 4 is 23.2 Å². The van der Waals surface area contributed by atoms with Crippen LogP contribution in [-0.4, -0.2) is 31.8 Å². The van der Waals surface area contributed by atoms with Crippen LogP contribution in [-0.2, 0) is 0 Å². The van der Waals surface area contributed by atoms with Crippen molar-refractivity contribution in [1.82, 2.24) is 24.7 Å². The monoisotopic (exact) mass is 301 g/mol. The molecule has 108 valence electrons. The average Bonchev–Trinajstić information content (AvgIpc) is 3.19. The van der Waals surface area contributed by atoms with Gasteiger partial charge in [0.25, 0.3) is 5.95 Å². The van der Waals surface area contributed by atoms with Gasteiger partial charge in [-0.3, -0.25) is 0 Å². The van der Waals surface area contributed by atoms with Crippen molar-refractivity contribution in [2.24, 2.45) is 0 Å². The molecular formula is C13H15N7S. The molecule has 0 saturated heterocycles. The van der Waals surface area contributed by atoms with E-state index >= 15 is 0 Å². The fourth-order valence-electron chi connectivity index (χ4n) is 1.83. The van der Waals surface area contributed by atoms with E-state index in [1.165, 1.54) is 4.88 Å². The van der Waals surface area contributed by atoms with Gasteiger partial charge in [0.05, 0.1) is 6.04 Å². The van der Waals surface area contributed by atoms with Crippen molar-refractivity contribution in [2.75, 3.05) is 17.7 Å². The van der Waals surface area contributed by atoms with E-state index in [-0.39, 0.29) is 6.04 Å². The van der Waals surface area contributed by atoms with E-state index in [0.717, 1.165) is 0 Å². The number of aromatic nitrogens is 5. The van der Waals surface area contributed by atoms with Crippen LogP contribution in [0.5, 0.6) is 0 Å². The molecule has 0 fully saturated rings. The van der Waals surface area contributed by atoms with Gasteiger partial charge in [-0.15, -0.1) is 11.3 Å². The maximum absolute atomic E-state index is 4.41. The maximum atomic E-state index is 4.41. The quantitative estimate of drug-likeness (QED) is 0.753. The number of rotatable bonds is 5. The van der Waals surface area contributed by atoms with E-state index < -0.39 is 0 Å². The van der Waals surface area contributed by atoms with E-state index in [1.807, 2.05) is 12.1 Å². The zero-order valence-corrected chi connectivity index (χ0v) is 12.5. The number of anilines is 2. The van der Waals surface area contributed by atoms with Crippen LogP contribution in [0, 0.1) is 0 Å². The first-order chi connectivity index (χ1) is 10.3. The second-order valence-corrected chi connectivity index (χ2v) is 5.34. The van der Waals surface area contributed by atoms with Crippen LogP contribution < -0.4 is 10.6 Å². The zero-order valence-electron chi connectivity index (χ0n) is 11.7. The van der Waals surface area contributed by atoms with E-state index in [1.54, 1.807) is 35.5 Å². The normalized spacial score (nSPS) is 12.1. The largest absolute Gasteiger partial charge is 0.357 e. The summed E-state index contributed by atoms with van der Waals surface area (Å²) < 4.78 is 1.60. The lowest BCUT2D eigenvalue weighted by molar-refractivity contribution is 0.788. The van der Waals surface area contributed by atoms with Gasteiger partial charge in [-0.1, -0.05) is 6.07 Å². The third kappa shape index (κ3) is 3.00. The highest BCUT2D eigenvalue weighted by atomic mass is 32.1. The molecule has 0 aromatic carbocycles. The predicted octanol–water partition coefficient (Wildman–Crippen LogP) is 2.33. The highest BCUT2D eigenvalue weighted by Gasteiger charge is 2.11. The molecule has 0 aliphatic carbocycles. The van der Waals surface area contributed by atoms with E-state index in [2.05, 4.69) is 49.1 Å². The number of nitrogens with zero attached hydrogens (tertiary/aromatic N) is 5. The second kappa shape index (κ2) is 5.88. The van der Waals surface area contributed by atoms with Crippen molar-refractivity contribution in [3.8, 4) is 5.95 Å². The Morgan fingerprint density at radius 3 is 2.71 bits per heavy atom. The van der Waals surface area contributed by atoms with Gasteiger partial charge >= 0.3 is 0 Å². The lowest BCUT2D eigenvalue weighted by atomic mass is 10.3. The van der Waals surface area contributed by atoms with Gasteiger partial charge in [0.2, 0.25) is 11.9 Å². The van der Waals surface area contributed by atoms with Gasteiger partial charge in [0.1, 0.15) is 0 Å². The summed E-state index contributed by atoms with van der Waals surface area (Å²) >= 11 is 1.70. The molecule has 0 radical (unpaired) electrons. The molecule has 1 atom stereocenters. The molecule has 0 spiro atoms. The summed E-state index contributed by atoms with van der Waals surface area (Å²) in [6, 6.07) is 6.06. The minimum absolute atomic E-state index is 0.127. The first kappa shape index (κ1) is 13.5. The summed E-state index contributed by atoms with van der Waals surface area (Å²) in [5.41, 5.74) is 0. The second-order valence-electron chi connectivity index (χ2n) is 4.36. The van der Waals surface area contributed by atoms with Crippen LogP contribution in [0.25, 0.3) is 5.95 Å². The van der Waals surface area contributed by atoms with Crippen LogP contribution in [0.15, 0.2) is 36.0 Å². The lowest BCUT2D eigenvalue weighted by Crippen LogP contribution is -2.13. The summed E-state index contributed by atoms with van der Waals surface area (Å²) in [7, 11) is 1.77. The Morgan fingerprint density at radius 1 is 1.19 bits per heavy atom. The molecule has 8 heteroatoms. The zero-order chi connectivity index (χ0) is 14.7. The average molecular weight is 301 g/mol. The van der Waals surface area contributed by atoms with Crippen molar-refractivity contribution in [1.29, 1.82) is 0 Å². The predicted molar refractivity (Wildman–Crippen MR) is 82.9 cm³/mol. The molecule has 0 bridgehead atoms. The highest BCUT2D eigenvalue weighted by molar-refractivity contribution is 7.10. The molecule has 0 amide bonds. The minimum atomic E-state index is 0.127. The van der Waals surface area contributed by atoms with Gasteiger partial charge in [-0.2, -0.15) is 20.1 Å². The Morgan fingerprint density at radius 2 is 2.05 bits per heavy atom. The van der Waals surface area contributed by atoms with E-state index in [4.69, 9.17) is 0 Å². The van der Waals surface area contributed by atoms with Gasteiger partial charge in [-0.05, 0) is 24.4 Å². The molecule has 7 nitrogen and oxygen atoms in total. The van der Waals surface area contributed by atoms with Crippen LogP contribution in [0.2, 0.25) is 0 Å².